The van der Waals surface area contributed by atoms with Crippen LogP contribution in [0.3, 0.4) is 0 Å². The lowest BCUT2D eigenvalue weighted by atomic mass is 10.0. The van der Waals surface area contributed by atoms with Crippen LogP contribution in [0.5, 0.6) is 0 Å². The Bertz CT molecular complexity index is 9820. The van der Waals surface area contributed by atoms with E-state index < -0.39 is 0 Å². The number of hydrogen-bond donors (Lipinski definition) is 0. The smallest absolute Gasteiger partial charge is 0.160 e. The number of benzene rings is 20. The van der Waals surface area contributed by atoms with Crippen LogP contribution in [-0.2, 0) is 0 Å². The normalized spacial score (nSPS) is 11.6. The molecule has 0 saturated heterocycles. The molecule has 0 amide bonds. The van der Waals surface area contributed by atoms with Crippen molar-refractivity contribution < 1.29 is 0 Å². The average Bonchev–Trinajstić information content (AvgIpc) is 1.57. The van der Waals surface area contributed by atoms with E-state index in [9.17, 15) is 0 Å². The van der Waals surface area contributed by atoms with Crippen molar-refractivity contribution in [1.82, 2.24) is 52.3 Å². The van der Waals surface area contributed by atoms with Crippen LogP contribution in [0.2, 0.25) is 0 Å². The minimum Gasteiger partial charge on any atom is -0.309 e. The average molecular weight is 1840 g/mol. The lowest BCUT2D eigenvalue weighted by Gasteiger charge is -2.12. The van der Waals surface area contributed by atoms with E-state index in [0.717, 1.165) is 124 Å². The minimum absolute atomic E-state index is 0.696. The zero-order chi connectivity index (χ0) is 95.1. The van der Waals surface area contributed by atoms with Crippen molar-refractivity contribution in [3.05, 3.63) is 528 Å². The molecule has 20 aromatic carbocycles. The summed E-state index contributed by atoms with van der Waals surface area (Å²) in [4.78, 5) is 25.0. The number of pyridine rings is 1. The summed E-state index contributed by atoms with van der Waals surface area (Å²) in [6, 6.07) is 185. The second-order valence-corrected chi connectivity index (χ2v) is 36.6. The molecule has 0 saturated carbocycles. The van der Waals surface area contributed by atoms with Gasteiger partial charge >= 0.3 is 0 Å². The van der Waals surface area contributed by atoms with Crippen LogP contribution in [0.4, 0.5) is 0 Å². The second-order valence-electron chi connectivity index (χ2n) is 36.6. The van der Waals surface area contributed by atoms with Crippen molar-refractivity contribution in [3.8, 4) is 124 Å². The Morgan fingerprint density at radius 3 is 0.688 bits per heavy atom. The second kappa shape index (κ2) is 35.5. The molecule has 29 aromatic rings. The van der Waals surface area contributed by atoms with Crippen molar-refractivity contribution >= 4 is 131 Å². The van der Waals surface area contributed by atoms with E-state index >= 15 is 0 Å². The first kappa shape index (κ1) is 83.8. The monoisotopic (exact) mass is 1840 g/mol. The summed E-state index contributed by atoms with van der Waals surface area (Å²) in [7, 11) is 0. The predicted molar refractivity (Wildman–Crippen MR) is 598 cm³/mol. The van der Waals surface area contributed by atoms with Gasteiger partial charge in [-0.25, -0.2) is 24.9 Å². The van der Waals surface area contributed by atoms with Gasteiger partial charge in [0, 0.05) is 144 Å². The number of hydrogen-bond acceptors (Lipinski definition) is 5. The quantitative estimate of drug-likeness (QED) is 0.108. The van der Waals surface area contributed by atoms with Crippen molar-refractivity contribution in [3.63, 3.8) is 0 Å². The van der Waals surface area contributed by atoms with Crippen LogP contribution in [0, 0.1) is 0 Å². The van der Waals surface area contributed by atoms with E-state index in [1.807, 2.05) is 36.5 Å². The standard InChI is InChI=1S/2C46H30N4.C41H27N3/c1-3-14-31(15-4-1)40-30-41(32-16-5-2-6-17-32)48-46(47-40)33-18-13-19-34(28-33)49-44-25-12-9-22-38(44)39-29-35(26-27-45(39)49)50-42-23-10-7-20-36(42)37-21-8-11-24-43(37)50;1-2-11-31(12-3-1)32-21-23-33(24-22-32)41-27-28-47-46(48-41)34-13-10-14-35(29-34)49-44-20-9-6-17-39(44)40-30-36(25-26-45(40)49)50-42-18-7-4-15-37(42)38-16-5-8-19-43(38)50;1-2-12-28(13-3-1)36-19-11-20-37(42-36)29-14-10-15-30(26-29)43-40-23-9-6-18-34(40)35-27-31(24-25-41(35)43)44-38-21-7-4-16-32(38)33-17-5-8-22-39(33)44/h2*1-30H;1-27H. The van der Waals surface area contributed by atoms with Crippen LogP contribution in [-0.4, -0.2) is 52.3 Å². The largest absolute Gasteiger partial charge is 0.309 e. The molecule has 144 heavy (non-hydrogen) atoms. The molecule has 0 aliphatic heterocycles. The molecule has 0 spiro atoms. The highest BCUT2D eigenvalue weighted by atomic mass is 15.0. The molecule has 11 heteroatoms. The van der Waals surface area contributed by atoms with Crippen molar-refractivity contribution in [2.75, 3.05) is 0 Å². The molecule has 0 bridgehead atoms. The maximum absolute atomic E-state index is 5.11. The molecule has 9 heterocycles. The van der Waals surface area contributed by atoms with Crippen LogP contribution in [0.1, 0.15) is 0 Å². The summed E-state index contributed by atoms with van der Waals surface area (Å²) in [5.74, 6) is 1.40. The van der Waals surface area contributed by atoms with Gasteiger partial charge in [-0.3, -0.25) is 0 Å². The van der Waals surface area contributed by atoms with Crippen molar-refractivity contribution in [1.29, 1.82) is 0 Å². The van der Waals surface area contributed by atoms with Gasteiger partial charge in [-0.2, -0.15) is 0 Å². The predicted octanol–water partition coefficient (Wildman–Crippen LogP) is 34.0. The first-order chi connectivity index (χ1) is 71.4. The van der Waals surface area contributed by atoms with Crippen LogP contribution < -0.4 is 0 Å². The Balaban J connectivity index is 0.000000108. The molecule has 29 rings (SSSR count). The fourth-order valence-electron chi connectivity index (χ4n) is 21.7. The fraction of sp³-hybridized carbons (Fsp3) is 0. The third kappa shape index (κ3) is 14.7. The van der Waals surface area contributed by atoms with Crippen LogP contribution in [0.15, 0.2) is 528 Å². The summed E-state index contributed by atoms with van der Waals surface area (Å²) in [5.41, 5.74) is 35.3. The zero-order valence-corrected chi connectivity index (χ0v) is 78.1. The van der Waals surface area contributed by atoms with Gasteiger partial charge in [0.25, 0.3) is 0 Å². The lowest BCUT2D eigenvalue weighted by molar-refractivity contribution is 1.15. The lowest BCUT2D eigenvalue weighted by Crippen LogP contribution is -1.98. The molecule has 674 valence electrons. The molecule has 0 aliphatic rings. The Morgan fingerprint density at radius 1 is 0.118 bits per heavy atom. The summed E-state index contributed by atoms with van der Waals surface area (Å²) >= 11 is 0. The van der Waals surface area contributed by atoms with Gasteiger partial charge in [-0.15, -0.1) is 0 Å². The summed E-state index contributed by atoms with van der Waals surface area (Å²) in [6.45, 7) is 0. The molecule has 0 N–H and O–H groups in total. The number of fused-ring (bicyclic) bond motifs is 18. The summed E-state index contributed by atoms with van der Waals surface area (Å²) < 4.78 is 14.3. The first-order valence-electron chi connectivity index (χ1n) is 48.8. The third-order valence-corrected chi connectivity index (χ3v) is 28.2. The molecule has 0 fully saturated rings. The first-order valence-corrected chi connectivity index (χ1v) is 48.8. The Morgan fingerprint density at radius 2 is 0.340 bits per heavy atom. The molecule has 9 aromatic heterocycles. The van der Waals surface area contributed by atoms with Crippen molar-refractivity contribution in [2.45, 2.75) is 0 Å². The van der Waals surface area contributed by atoms with Crippen LogP contribution in [0.25, 0.3) is 255 Å². The third-order valence-electron chi connectivity index (χ3n) is 28.2. The number of nitrogens with zero attached hydrogens (tertiary/aromatic N) is 11. The van der Waals surface area contributed by atoms with Gasteiger partial charge in [-0.1, -0.05) is 352 Å². The van der Waals surface area contributed by atoms with E-state index in [0.29, 0.717) is 11.6 Å². The molecular formula is C133H87N11. The number of rotatable bonds is 14. The molecular weight excluding hydrogens is 1750 g/mol. The maximum atomic E-state index is 5.11. The highest BCUT2D eigenvalue weighted by Gasteiger charge is 2.24. The van der Waals surface area contributed by atoms with E-state index in [-0.39, 0.29) is 0 Å². The Labute approximate surface area is 829 Å². The van der Waals surface area contributed by atoms with Gasteiger partial charge in [0.05, 0.1) is 94.7 Å². The Hall–Kier alpha value is -19.5. The van der Waals surface area contributed by atoms with E-state index in [2.05, 4.69) is 519 Å². The summed E-state index contributed by atoms with van der Waals surface area (Å²) in [6.07, 6.45) is 1.85. The topological polar surface area (TPSA) is 94.0 Å². The minimum atomic E-state index is 0.696. The van der Waals surface area contributed by atoms with Crippen LogP contribution >= 0.6 is 0 Å². The SMILES string of the molecule is c1ccc(-c2cc(-c3ccccc3)nc(-c3cccc(-n4c5ccccc5c5cc(-n6c7ccccc7c7ccccc76)ccc54)c3)n2)cc1.c1ccc(-c2ccc(-c3ccnc(-c4cccc(-n5c6ccccc6c6cc(-n7c8ccccc8c8ccccc87)ccc65)c4)n3)cc2)cc1.c1ccc(-c2cccc(-c3cccc(-n4c5ccccc5c5cc(-n6c7ccccc7c7ccccc76)ccc54)c3)n2)cc1. The summed E-state index contributed by atoms with van der Waals surface area (Å²) in [5, 5.41) is 14.9. The zero-order valence-electron chi connectivity index (χ0n) is 78.1. The van der Waals surface area contributed by atoms with Crippen molar-refractivity contribution in [2.24, 2.45) is 0 Å². The van der Waals surface area contributed by atoms with Gasteiger partial charge in [0.1, 0.15) is 0 Å². The van der Waals surface area contributed by atoms with Gasteiger partial charge in [0.2, 0.25) is 0 Å². The molecule has 0 atom stereocenters. The molecule has 0 radical (unpaired) electrons. The van der Waals surface area contributed by atoms with E-state index in [1.165, 1.54) is 120 Å². The fourth-order valence-corrected chi connectivity index (χ4v) is 21.7. The molecule has 0 aliphatic carbocycles. The van der Waals surface area contributed by atoms with Gasteiger partial charge < -0.3 is 27.4 Å². The highest BCUT2D eigenvalue weighted by molar-refractivity contribution is 6.16. The van der Waals surface area contributed by atoms with Gasteiger partial charge in [-0.05, 0) is 181 Å². The molecule has 0 unspecified atom stereocenters. The van der Waals surface area contributed by atoms with E-state index in [1.54, 1.807) is 0 Å². The van der Waals surface area contributed by atoms with Gasteiger partial charge in [0.15, 0.2) is 11.6 Å². The Kier molecular flexibility index (Phi) is 20.7. The maximum Gasteiger partial charge on any atom is 0.160 e. The number of aromatic nitrogens is 11. The number of para-hydroxylation sites is 9. The highest BCUT2D eigenvalue weighted by Crippen LogP contribution is 2.45. The molecule has 11 nitrogen and oxygen atoms in total. The van der Waals surface area contributed by atoms with E-state index in [4.69, 9.17) is 24.9 Å².